The predicted molar refractivity (Wildman–Crippen MR) is 116 cm³/mol. The molecule has 4 rings (SSSR count). The van der Waals surface area contributed by atoms with E-state index in [1.165, 1.54) is 29.1 Å². The Morgan fingerprint density at radius 1 is 0.968 bits per heavy atom. The number of carbonyl (C=O) groups is 1. The first kappa shape index (κ1) is 20.2. The number of hydrogen-bond acceptors (Lipinski definition) is 6. The summed E-state index contributed by atoms with van der Waals surface area (Å²) in [6, 6.07) is 18.2. The Labute approximate surface area is 178 Å². The molecular weight excluding hydrogens is 396 g/mol. The van der Waals surface area contributed by atoms with Gasteiger partial charge in [0.25, 0.3) is 5.69 Å². The predicted octanol–water partition coefficient (Wildman–Crippen LogP) is 4.85. The number of nitro benzene ring substituents is 1. The minimum atomic E-state index is -0.628. The quantitative estimate of drug-likeness (QED) is 0.204. The van der Waals surface area contributed by atoms with Crippen LogP contribution in [0.1, 0.15) is 36.7 Å². The number of carbonyl (C=O) groups excluding carboxylic acids is 1. The molecule has 0 bridgehead atoms. The number of benzene rings is 3. The van der Waals surface area contributed by atoms with Crippen molar-refractivity contribution in [3.05, 3.63) is 88.0 Å². The number of fused-ring (bicyclic) bond motifs is 1. The standard InChI is InChI=1S/C23H20N4O4/c1-23(2,3)16-10-13-21(31-22(28)15-8-11-17(12-9-15)27(29)30)20(14-16)26-24-18-6-4-5-7-19(18)25-26/h4-14H,1-3H3. The van der Waals surface area contributed by atoms with E-state index < -0.39 is 10.9 Å². The van der Waals surface area contributed by atoms with Crippen LogP contribution in [0.3, 0.4) is 0 Å². The second kappa shape index (κ2) is 7.64. The van der Waals surface area contributed by atoms with Crippen molar-refractivity contribution in [2.75, 3.05) is 0 Å². The molecule has 3 aromatic carbocycles. The van der Waals surface area contributed by atoms with Crippen LogP contribution in [-0.2, 0) is 5.41 Å². The van der Waals surface area contributed by atoms with Gasteiger partial charge < -0.3 is 4.74 Å². The van der Waals surface area contributed by atoms with Gasteiger partial charge in [-0.05, 0) is 47.4 Å². The molecule has 0 aliphatic heterocycles. The fourth-order valence-electron chi connectivity index (χ4n) is 3.07. The van der Waals surface area contributed by atoms with Gasteiger partial charge in [-0.1, -0.05) is 39.0 Å². The van der Waals surface area contributed by atoms with Gasteiger partial charge in [-0.3, -0.25) is 10.1 Å². The van der Waals surface area contributed by atoms with Gasteiger partial charge in [0.2, 0.25) is 0 Å². The van der Waals surface area contributed by atoms with Crippen molar-refractivity contribution in [2.45, 2.75) is 26.2 Å². The number of rotatable bonds is 4. The van der Waals surface area contributed by atoms with Crippen molar-refractivity contribution < 1.29 is 14.5 Å². The van der Waals surface area contributed by atoms with Crippen LogP contribution in [0, 0.1) is 10.1 Å². The number of non-ortho nitro benzene ring substituents is 1. The molecule has 0 N–H and O–H groups in total. The summed E-state index contributed by atoms with van der Waals surface area (Å²) in [5.74, 6) is -0.340. The van der Waals surface area contributed by atoms with Crippen LogP contribution in [0.5, 0.6) is 5.75 Å². The van der Waals surface area contributed by atoms with Crippen LogP contribution in [0.15, 0.2) is 66.7 Å². The minimum absolute atomic E-state index is 0.0980. The van der Waals surface area contributed by atoms with Crippen LogP contribution >= 0.6 is 0 Å². The molecule has 0 fully saturated rings. The zero-order chi connectivity index (χ0) is 22.2. The molecule has 0 spiro atoms. The molecule has 0 saturated heterocycles. The molecule has 0 aliphatic rings. The number of esters is 1. The highest BCUT2D eigenvalue weighted by Gasteiger charge is 2.20. The number of aromatic nitrogens is 3. The number of ether oxygens (including phenoxy) is 1. The maximum atomic E-state index is 12.7. The molecular formula is C23H20N4O4. The first-order chi connectivity index (χ1) is 14.7. The normalized spacial score (nSPS) is 11.5. The molecule has 0 saturated carbocycles. The summed E-state index contributed by atoms with van der Waals surface area (Å²) in [5, 5.41) is 19.9. The van der Waals surface area contributed by atoms with Crippen molar-refractivity contribution in [1.29, 1.82) is 0 Å². The number of hydrogen-bond donors (Lipinski definition) is 0. The van der Waals surface area contributed by atoms with Gasteiger partial charge in [0.05, 0.1) is 10.5 Å². The van der Waals surface area contributed by atoms with E-state index in [0.29, 0.717) is 5.69 Å². The summed E-state index contributed by atoms with van der Waals surface area (Å²) in [6.07, 6.45) is 0. The summed E-state index contributed by atoms with van der Waals surface area (Å²) in [5.41, 5.74) is 2.96. The maximum Gasteiger partial charge on any atom is 0.343 e. The van der Waals surface area contributed by atoms with Crippen molar-refractivity contribution in [3.8, 4) is 11.4 Å². The third-order valence-corrected chi connectivity index (χ3v) is 4.84. The second-order valence-electron chi connectivity index (χ2n) is 8.10. The molecule has 0 amide bonds. The molecule has 4 aromatic rings. The largest absolute Gasteiger partial charge is 0.421 e. The first-order valence-electron chi connectivity index (χ1n) is 9.66. The molecule has 8 nitrogen and oxygen atoms in total. The van der Waals surface area contributed by atoms with Crippen LogP contribution in [0.4, 0.5) is 5.69 Å². The molecule has 1 heterocycles. The van der Waals surface area contributed by atoms with Crippen molar-refractivity contribution in [2.24, 2.45) is 0 Å². The topological polar surface area (TPSA) is 100 Å². The monoisotopic (exact) mass is 416 g/mol. The lowest BCUT2D eigenvalue weighted by molar-refractivity contribution is -0.384. The zero-order valence-electron chi connectivity index (χ0n) is 17.3. The molecule has 8 heteroatoms. The van der Waals surface area contributed by atoms with E-state index in [1.54, 1.807) is 6.07 Å². The summed E-state index contributed by atoms with van der Waals surface area (Å²) in [4.78, 5) is 24.5. The van der Waals surface area contributed by atoms with Gasteiger partial charge in [0.15, 0.2) is 5.75 Å². The molecule has 31 heavy (non-hydrogen) atoms. The van der Waals surface area contributed by atoms with Gasteiger partial charge in [0.1, 0.15) is 16.7 Å². The lowest BCUT2D eigenvalue weighted by Crippen LogP contribution is -2.15. The van der Waals surface area contributed by atoms with Gasteiger partial charge in [0, 0.05) is 12.1 Å². The average Bonchev–Trinajstić information content (AvgIpc) is 3.17. The van der Waals surface area contributed by atoms with E-state index in [2.05, 4.69) is 31.0 Å². The van der Waals surface area contributed by atoms with Gasteiger partial charge in [-0.15, -0.1) is 15.0 Å². The SMILES string of the molecule is CC(C)(C)c1ccc(OC(=O)c2ccc([N+](=O)[O-])cc2)c(-n2nc3ccccc3n2)c1. The van der Waals surface area contributed by atoms with Gasteiger partial charge in [-0.25, -0.2) is 4.79 Å². The Kier molecular flexibility index (Phi) is 4.98. The average molecular weight is 416 g/mol. The Balaban J connectivity index is 1.74. The third kappa shape index (κ3) is 4.13. The second-order valence-corrected chi connectivity index (χ2v) is 8.10. The van der Waals surface area contributed by atoms with Crippen LogP contribution < -0.4 is 4.74 Å². The molecule has 0 aliphatic carbocycles. The summed E-state index contributed by atoms with van der Waals surface area (Å²) in [7, 11) is 0. The summed E-state index contributed by atoms with van der Waals surface area (Å²) >= 11 is 0. The molecule has 0 atom stereocenters. The Hall–Kier alpha value is -4.07. The van der Waals surface area contributed by atoms with Crippen LogP contribution in [0.2, 0.25) is 0 Å². The molecule has 1 aromatic heterocycles. The van der Waals surface area contributed by atoms with E-state index in [4.69, 9.17) is 4.74 Å². The Bertz CT molecular complexity index is 1250. The molecule has 156 valence electrons. The highest BCUT2D eigenvalue weighted by Crippen LogP contribution is 2.31. The van der Waals surface area contributed by atoms with E-state index in [9.17, 15) is 14.9 Å². The highest BCUT2D eigenvalue weighted by atomic mass is 16.6. The van der Waals surface area contributed by atoms with Gasteiger partial charge >= 0.3 is 5.97 Å². The lowest BCUT2D eigenvalue weighted by Gasteiger charge is -2.20. The summed E-state index contributed by atoms with van der Waals surface area (Å²) in [6.45, 7) is 6.26. The Morgan fingerprint density at radius 3 is 2.13 bits per heavy atom. The van der Waals surface area contributed by atoms with E-state index in [0.717, 1.165) is 16.6 Å². The van der Waals surface area contributed by atoms with E-state index in [1.807, 2.05) is 36.4 Å². The minimum Gasteiger partial charge on any atom is -0.421 e. The highest BCUT2D eigenvalue weighted by molar-refractivity contribution is 5.91. The van der Waals surface area contributed by atoms with E-state index in [-0.39, 0.29) is 22.4 Å². The first-order valence-corrected chi connectivity index (χ1v) is 9.66. The lowest BCUT2D eigenvalue weighted by atomic mass is 9.87. The third-order valence-electron chi connectivity index (χ3n) is 4.84. The number of nitrogens with zero attached hydrogens (tertiary/aromatic N) is 4. The van der Waals surface area contributed by atoms with Crippen molar-refractivity contribution >= 4 is 22.7 Å². The maximum absolute atomic E-state index is 12.7. The zero-order valence-corrected chi connectivity index (χ0v) is 17.3. The summed E-state index contributed by atoms with van der Waals surface area (Å²) < 4.78 is 5.64. The fourth-order valence-corrected chi connectivity index (χ4v) is 3.07. The molecule has 0 radical (unpaired) electrons. The van der Waals surface area contributed by atoms with Crippen molar-refractivity contribution in [1.82, 2.24) is 15.0 Å². The molecule has 0 unspecified atom stereocenters. The van der Waals surface area contributed by atoms with Crippen LogP contribution in [-0.4, -0.2) is 25.9 Å². The Morgan fingerprint density at radius 2 is 1.58 bits per heavy atom. The fraction of sp³-hybridized carbons (Fsp3) is 0.174. The van der Waals surface area contributed by atoms with Crippen molar-refractivity contribution in [3.63, 3.8) is 0 Å². The smallest absolute Gasteiger partial charge is 0.343 e. The van der Waals surface area contributed by atoms with Gasteiger partial charge in [-0.2, -0.15) is 0 Å². The number of nitro groups is 1. The van der Waals surface area contributed by atoms with Crippen LogP contribution in [0.25, 0.3) is 16.7 Å². The van der Waals surface area contributed by atoms with E-state index >= 15 is 0 Å².